The van der Waals surface area contributed by atoms with Crippen molar-refractivity contribution in [1.82, 2.24) is 0 Å². The number of hydrogen-bond acceptors (Lipinski definition) is 5. The molecule has 0 unspecified atom stereocenters. The van der Waals surface area contributed by atoms with Crippen LogP contribution in [-0.4, -0.2) is 17.5 Å². The molecule has 0 heterocycles. The summed E-state index contributed by atoms with van der Waals surface area (Å²) in [5.41, 5.74) is 0.492. The lowest BCUT2D eigenvalue weighted by Gasteiger charge is -2.06. The number of nitrogens with zero attached hydrogens (tertiary/aromatic N) is 1. The SMILES string of the molecule is O=C(CCOCc1ccccc1)Oc1cc(F)ccc1[N+](=O)[O-]. The summed E-state index contributed by atoms with van der Waals surface area (Å²) in [4.78, 5) is 21.7. The molecule has 0 aliphatic carbocycles. The molecule has 7 heteroatoms. The first-order chi connectivity index (χ1) is 11.1. The van der Waals surface area contributed by atoms with Crippen LogP contribution < -0.4 is 4.74 Å². The van der Waals surface area contributed by atoms with Gasteiger partial charge < -0.3 is 9.47 Å². The summed E-state index contributed by atoms with van der Waals surface area (Å²) in [6.45, 7) is 0.436. The van der Waals surface area contributed by atoms with E-state index in [-0.39, 0.29) is 13.0 Å². The van der Waals surface area contributed by atoms with E-state index in [1.807, 2.05) is 30.3 Å². The molecule has 0 radical (unpaired) electrons. The molecule has 0 aliphatic rings. The molecule has 0 atom stereocenters. The number of carbonyl (C=O) groups excluding carboxylic acids is 1. The van der Waals surface area contributed by atoms with E-state index >= 15 is 0 Å². The third kappa shape index (κ3) is 5.15. The van der Waals surface area contributed by atoms with Crippen LogP contribution in [0.15, 0.2) is 48.5 Å². The van der Waals surface area contributed by atoms with Gasteiger partial charge in [-0.15, -0.1) is 0 Å². The molecule has 0 bridgehead atoms. The van der Waals surface area contributed by atoms with E-state index in [0.717, 1.165) is 23.8 Å². The minimum absolute atomic E-state index is 0.0941. The van der Waals surface area contributed by atoms with E-state index in [4.69, 9.17) is 9.47 Å². The molecule has 0 aromatic heterocycles. The van der Waals surface area contributed by atoms with Gasteiger partial charge in [-0.1, -0.05) is 30.3 Å². The van der Waals surface area contributed by atoms with Crippen molar-refractivity contribution < 1.29 is 23.6 Å². The van der Waals surface area contributed by atoms with Gasteiger partial charge in [0.05, 0.1) is 24.6 Å². The van der Waals surface area contributed by atoms with Crippen LogP contribution in [0.4, 0.5) is 10.1 Å². The predicted molar refractivity (Wildman–Crippen MR) is 79.4 cm³/mol. The van der Waals surface area contributed by atoms with Gasteiger partial charge in [0.15, 0.2) is 0 Å². The molecule has 2 rings (SSSR count). The Morgan fingerprint density at radius 1 is 1.17 bits per heavy atom. The summed E-state index contributed by atoms with van der Waals surface area (Å²) >= 11 is 0. The average molecular weight is 319 g/mol. The Morgan fingerprint density at radius 3 is 2.61 bits per heavy atom. The first-order valence-electron chi connectivity index (χ1n) is 6.82. The quantitative estimate of drug-likeness (QED) is 0.257. The predicted octanol–water partition coefficient (Wildman–Crippen LogP) is 3.25. The Bertz CT molecular complexity index is 690. The molecule has 2 aromatic carbocycles. The number of nitro groups is 1. The third-order valence-electron chi connectivity index (χ3n) is 2.90. The number of benzene rings is 2. The van der Waals surface area contributed by atoms with E-state index in [0.29, 0.717) is 6.61 Å². The lowest BCUT2D eigenvalue weighted by Crippen LogP contribution is -2.12. The molecule has 2 aromatic rings. The van der Waals surface area contributed by atoms with Gasteiger partial charge in [-0.05, 0) is 11.6 Å². The summed E-state index contributed by atoms with van der Waals surface area (Å²) in [6.07, 6.45) is -0.0967. The van der Waals surface area contributed by atoms with Crippen LogP contribution in [0.2, 0.25) is 0 Å². The van der Waals surface area contributed by atoms with Crippen molar-refractivity contribution in [3.8, 4) is 5.75 Å². The van der Waals surface area contributed by atoms with Crippen molar-refractivity contribution >= 4 is 11.7 Å². The highest BCUT2D eigenvalue weighted by Gasteiger charge is 2.18. The van der Waals surface area contributed by atoms with E-state index in [1.165, 1.54) is 0 Å². The Hall–Kier alpha value is -2.80. The molecule has 0 N–H and O–H groups in total. The first-order valence-corrected chi connectivity index (χ1v) is 6.82. The summed E-state index contributed by atoms with van der Waals surface area (Å²) in [5.74, 6) is -1.87. The van der Waals surface area contributed by atoms with E-state index in [2.05, 4.69) is 0 Å². The Morgan fingerprint density at radius 2 is 1.91 bits per heavy atom. The van der Waals surface area contributed by atoms with Gasteiger partial charge in [-0.25, -0.2) is 4.39 Å². The van der Waals surface area contributed by atoms with Crippen LogP contribution >= 0.6 is 0 Å². The maximum atomic E-state index is 13.1. The van der Waals surface area contributed by atoms with E-state index in [9.17, 15) is 19.3 Å². The summed E-state index contributed by atoms with van der Waals surface area (Å²) in [7, 11) is 0. The number of rotatable bonds is 7. The van der Waals surface area contributed by atoms with Crippen LogP contribution in [0.1, 0.15) is 12.0 Å². The molecule has 0 saturated carbocycles. The smallest absolute Gasteiger partial charge is 0.313 e. The minimum Gasteiger partial charge on any atom is -0.419 e. The van der Waals surface area contributed by atoms with Gasteiger partial charge in [-0.3, -0.25) is 14.9 Å². The number of carbonyl (C=O) groups is 1. The second kappa shape index (κ2) is 8.00. The number of nitro benzene ring substituents is 1. The molecule has 23 heavy (non-hydrogen) atoms. The highest BCUT2D eigenvalue weighted by molar-refractivity contribution is 5.73. The maximum Gasteiger partial charge on any atom is 0.313 e. The van der Waals surface area contributed by atoms with E-state index in [1.54, 1.807) is 0 Å². The third-order valence-corrected chi connectivity index (χ3v) is 2.90. The fraction of sp³-hybridized carbons (Fsp3) is 0.188. The Kier molecular flexibility index (Phi) is 5.76. The van der Waals surface area contributed by atoms with Crippen molar-refractivity contribution in [3.63, 3.8) is 0 Å². The van der Waals surface area contributed by atoms with Crippen molar-refractivity contribution in [1.29, 1.82) is 0 Å². The first kappa shape index (κ1) is 16.6. The lowest BCUT2D eigenvalue weighted by atomic mass is 10.2. The molecule has 0 saturated heterocycles. The van der Waals surface area contributed by atoms with Crippen LogP contribution in [-0.2, 0) is 16.1 Å². The van der Waals surface area contributed by atoms with Crippen molar-refractivity contribution in [2.45, 2.75) is 13.0 Å². The van der Waals surface area contributed by atoms with Crippen LogP contribution in [0.5, 0.6) is 5.75 Å². The van der Waals surface area contributed by atoms with Gasteiger partial charge in [0.25, 0.3) is 0 Å². The number of hydrogen-bond donors (Lipinski definition) is 0. The van der Waals surface area contributed by atoms with Gasteiger partial charge >= 0.3 is 11.7 Å². The highest BCUT2D eigenvalue weighted by Crippen LogP contribution is 2.27. The zero-order chi connectivity index (χ0) is 16.7. The highest BCUT2D eigenvalue weighted by atomic mass is 19.1. The molecule has 0 fully saturated rings. The Labute approximate surface area is 131 Å². The molecular weight excluding hydrogens is 305 g/mol. The van der Waals surface area contributed by atoms with Gasteiger partial charge in [0, 0.05) is 12.1 Å². The fourth-order valence-corrected chi connectivity index (χ4v) is 1.81. The molecule has 120 valence electrons. The second-order valence-corrected chi connectivity index (χ2v) is 4.63. The zero-order valence-corrected chi connectivity index (χ0v) is 12.1. The van der Waals surface area contributed by atoms with Gasteiger partial charge in [-0.2, -0.15) is 0 Å². The minimum atomic E-state index is -0.742. The Balaban J connectivity index is 1.83. The van der Waals surface area contributed by atoms with E-state index < -0.39 is 28.1 Å². The maximum absolute atomic E-state index is 13.1. The topological polar surface area (TPSA) is 78.7 Å². The summed E-state index contributed by atoms with van der Waals surface area (Å²) in [5, 5.41) is 10.8. The van der Waals surface area contributed by atoms with Crippen molar-refractivity contribution in [2.75, 3.05) is 6.61 Å². The van der Waals surface area contributed by atoms with Crippen LogP contribution in [0, 0.1) is 15.9 Å². The fourth-order valence-electron chi connectivity index (χ4n) is 1.81. The summed E-state index contributed by atoms with van der Waals surface area (Å²) < 4.78 is 23.3. The summed E-state index contributed by atoms with van der Waals surface area (Å²) in [6, 6.07) is 12.1. The second-order valence-electron chi connectivity index (χ2n) is 4.63. The standard InChI is InChI=1S/C16H14FNO5/c17-13-6-7-14(18(20)21)15(10-13)23-16(19)8-9-22-11-12-4-2-1-3-5-12/h1-7,10H,8-9,11H2. The van der Waals surface area contributed by atoms with Gasteiger partial charge in [0.1, 0.15) is 5.82 Å². The van der Waals surface area contributed by atoms with Gasteiger partial charge in [0.2, 0.25) is 5.75 Å². The largest absolute Gasteiger partial charge is 0.419 e. The average Bonchev–Trinajstić information content (AvgIpc) is 2.52. The number of esters is 1. The lowest BCUT2D eigenvalue weighted by molar-refractivity contribution is -0.385. The normalized spacial score (nSPS) is 10.3. The molecule has 0 spiro atoms. The van der Waals surface area contributed by atoms with Crippen molar-refractivity contribution in [3.05, 3.63) is 70.0 Å². The molecule has 0 aliphatic heterocycles. The molecular formula is C16H14FNO5. The monoisotopic (exact) mass is 319 g/mol. The molecule has 0 amide bonds. The number of halogens is 1. The number of ether oxygens (including phenoxy) is 2. The molecule has 6 nitrogen and oxygen atoms in total. The van der Waals surface area contributed by atoms with Crippen molar-refractivity contribution in [2.24, 2.45) is 0 Å². The zero-order valence-electron chi connectivity index (χ0n) is 12.1. The van der Waals surface area contributed by atoms with Crippen LogP contribution in [0.25, 0.3) is 0 Å². The van der Waals surface area contributed by atoms with Crippen LogP contribution in [0.3, 0.4) is 0 Å².